The van der Waals surface area contributed by atoms with Gasteiger partial charge in [0.25, 0.3) is 0 Å². The molecule has 0 aliphatic rings. The quantitative estimate of drug-likeness (QED) is 0.0632. The molecule has 0 saturated carbocycles. The molecule has 0 heterocycles. The van der Waals surface area contributed by atoms with Crippen molar-refractivity contribution in [3.8, 4) is 5.75 Å². The van der Waals surface area contributed by atoms with Gasteiger partial charge < -0.3 is 29.2 Å². The Morgan fingerprint density at radius 1 is 0.469 bits per heavy atom. The van der Waals surface area contributed by atoms with Gasteiger partial charge in [0.1, 0.15) is 36.0 Å². The maximum atomic E-state index is 12.1. The average molecular weight is 950 g/mol. The maximum absolute atomic E-state index is 12.1. The van der Waals surface area contributed by atoms with Crippen LogP contribution in [-0.2, 0) is 39.9 Å². The van der Waals surface area contributed by atoms with Crippen molar-refractivity contribution in [3.05, 3.63) is 115 Å². The number of phenolic OH excluding ortho intramolecular Hbond substituents is 1. The fourth-order valence-electron chi connectivity index (χ4n) is 5.97. The molecule has 0 radical (unpaired) electrons. The number of carbonyl (C=O) groups is 2. The van der Waals surface area contributed by atoms with Crippen LogP contribution in [0, 0.1) is 0 Å². The molecule has 1 amide bonds. The largest absolute Gasteiger partial charge is 1.00 e. The third-order valence-electron chi connectivity index (χ3n) is 8.81. The van der Waals surface area contributed by atoms with Crippen molar-refractivity contribution >= 4 is 114 Å². The SMILES string of the molecule is O=C(O)C(=O)Nc1ccc(N=Nc2ccc(N=Nc3ccc(N=Nc4cc(S(=O)(=O)[O-])c5ccccc5c4O)c4ccc(S(=O)(=O)[O-])cc34)c3ccc(S(=O)(=O)[O-])cc23)cc1.[Na+].[Na+].[Na+]. The van der Waals surface area contributed by atoms with Crippen LogP contribution in [0.3, 0.4) is 0 Å². The molecule has 0 spiro atoms. The molecule has 7 rings (SSSR count). The van der Waals surface area contributed by atoms with E-state index in [1.165, 1.54) is 84.9 Å². The molecule has 20 nitrogen and oxygen atoms in total. The van der Waals surface area contributed by atoms with Gasteiger partial charge in [-0.05, 0) is 78.9 Å². The molecule has 7 aromatic rings. The van der Waals surface area contributed by atoms with Gasteiger partial charge in [0.05, 0.1) is 43.1 Å². The van der Waals surface area contributed by atoms with E-state index in [2.05, 4.69) is 36.0 Å². The zero-order valence-electron chi connectivity index (χ0n) is 33.3. The number of rotatable bonds is 10. The monoisotopic (exact) mass is 949 g/mol. The van der Waals surface area contributed by atoms with E-state index < -0.39 is 62.7 Å². The molecule has 0 saturated heterocycles. The normalized spacial score (nSPS) is 12.0. The molecule has 0 aliphatic carbocycles. The Morgan fingerprint density at radius 2 is 0.891 bits per heavy atom. The molecule has 0 aliphatic heterocycles. The summed E-state index contributed by atoms with van der Waals surface area (Å²) in [5.41, 5.74) is 0.202. The Balaban J connectivity index is 0.00000299. The third kappa shape index (κ3) is 11.7. The van der Waals surface area contributed by atoms with Crippen LogP contribution in [0.5, 0.6) is 5.75 Å². The van der Waals surface area contributed by atoms with Gasteiger partial charge in [-0.15, -0.1) is 25.6 Å². The number of anilines is 1. The molecule has 26 heteroatoms. The minimum Gasteiger partial charge on any atom is -0.744 e. The summed E-state index contributed by atoms with van der Waals surface area (Å²) in [6.45, 7) is 0. The van der Waals surface area contributed by atoms with Crippen molar-refractivity contribution in [1.29, 1.82) is 0 Å². The number of fused-ring (bicyclic) bond motifs is 3. The van der Waals surface area contributed by atoms with Crippen molar-refractivity contribution in [1.82, 2.24) is 0 Å². The summed E-state index contributed by atoms with van der Waals surface area (Å²) in [5, 5.41) is 47.3. The molecule has 308 valence electrons. The number of azo groups is 3. The number of amides is 1. The van der Waals surface area contributed by atoms with Crippen LogP contribution in [0.1, 0.15) is 0 Å². The second kappa shape index (κ2) is 20.8. The van der Waals surface area contributed by atoms with Crippen molar-refractivity contribution in [2.75, 3.05) is 5.32 Å². The number of aliphatic carboxylic acids is 1. The van der Waals surface area contributed by atoms with Gasteiger partial charge in [0, 0.05) is 38.0 Å². The molecule has 0 fully saturated rings. The average Bonchev–Trinajstić information content (AvgIpc) is 3.21. The van der Waals surface area contributed by atoms with Crippen LogP contribution >= 0.6 is 0 Å². The van der Waals surface area contributed by atoms with Crippen molar-refractivity contribution in [3.63, 3.8) is 0 Å². The molecular weight excluding hydrogens is 928 g/mol. The Bertz CT molecular complexity index is 3450. The topological polar surface area (TPSA) is 332 Å². The summed E-state index contributed by atoms with van der Waals surface area (Å²) in [7, 11) is -15.0. The first-order valence-electron chi connectivity index (χ1n) is 16.9. The van der Waals surface area contributed by atoms with Gasteiger partial charge >= 0.3 is 101 Å². The number of nitrogens with one attached hydrogen (secondary N) is 1. The van der Waals surface area contributed by atoms with Crippen LogP contribution in [0.2, 0.25) is 0 Å². The predicted molar refractivity (Wildman–Crippen MR) is 213 cm³/mol. The van der Waals surface area contributed by atoms with Crippen molar-refractivity contribution < 1.29 is 147 Å². The first-order valence-corrected chi connectivity index (χ1v) is 21.2. The van der Waals surface area contributed by atoms with Crippen LogP contribution < -0.4 is 94.0 Å². The summed E-state index contributed by atoms with van der Waals surface area (Å²) < 4.78 is 108. The van der Waals surface area contributed by atoms with Gasteiger partial charge in [-0.25, -0.2) is 30.0 Å². The maximum Gasteiger partial charge on any atom is 1.00 e. The molecule has 64 heavy (non-hydrogen) atoms. The Labute approximate surface area is 428 Å². The third-order valence-corrected chi connectivity index (χ3v) is 11.4. The van der Waals surface area contributed by atoms with E-state index in [0.29, 0.717) is 0 Å². The van der Waals surface area contributed by atoms with Gasteiger partial charge in [0.2, 0.25) is 0 Å². The first kappa shape index (κ1) is 52.2. The predicted octanol–water partition coefficient (Wildman–Crippen LogP) is -1.15. The number of hydrogen-bond acceptors (Lipinski definition) is 18. The number of carboxylic acids is 1. The van der Waals surface area contributed by atoms with Gasteiger partial charge in [-0.2, -0.15) is 5.11 Å². The van der Waals surface area contributed by atoms with Crippen LogP contribution in [0.15, 0.2) is 161 Å². The standard InChI is InChI=1S/C38H25N7O13S3.3Na/c46-36-27-4-2-1-3-26(27)35(61(56,57)58)19-34(36)45-43-31-14-16-33(29-18-23(60(53,54)55)10-12-25(29)31)44-42-30-13-15-32(28-17-22(59(50,51)52)9-11-24(28)30)41-40-21-7-5-20(6-8-21)39-37(47)38(48)49;;;/h1-19,46H,(H,39,47)(H,48,49)(H,50,51,52)(H,53,54,55)(H,56,57,58);;;/q;3*+1/p-3. The van der Waals surface area contributed by atoms with Crippen LogP contribution in [-0.4, -0.2) is 61.0 Å². The van der Waals surface area contributed by atoms with E-state index >= 15 is 0 Å². The minimum atomic E-state index is -5.03. The Morgan fingerprint density at radius 3 is 1.33 bits per heavy atom. The minimum absolute atomic E-state index is 0. The molecule has 0 aromatic heterocycles. The fraction of sp³-hybridized carbons (Fsp3) is 0. The molecule has 3 N–H and O–H groups in total. The van der Waals surface area contributed by atoms with Crippen molar-refractivity contribution in [2.24, 2.45) is 30.7 Å². The van der Waals surface area contributed by atoms with E-state index in [1.54, 1.807) is 0 Å². The molecule has 0 bridgehead atoms. The second-order valence-electron chi connectivity index (χ2n) is 12.7. The van der Waals surface area contributed by atoms with E-state index in [9.17, 15) is 53.6 Å². The number of hydrogen-bond donors (Lipinski definition) is 3. The number of carboxylic acid groups (broad SMARTS) is 1. The van der Waals surface area contributed by atoms with E-state index in [4.69, 9.17) is 5.11 Å². The number of aromatic hydroxyl groups is 1. The number of phenols is 1. The van der Waals surface area contributed by atoms with E-state index in [-0.39, 0.29) is 161 Å². The molecule has 0 unspecified atom stereocenters. The smallest absolute Gasteiger partial charge is 0.744 e. The van der Waals surface area contributed by atoms with E-state index in [0.717, 1.165) is 30.3 Å². The van der Waals surface area contributed by atoms with Gasteiger partial charge in [-0.1, -0.05) is 36.4 Å². The zero-order valence-corrected chi connectivity index (χ0v) is 41.7. The van der Waals surface area contributed by atoms with Crippen LogP contribution in [0.4, 0.5) is 39.8 Å². The Kier molecular flexibility index (Phi) is 17.0. The number of carbonyl (C=O) groups excluding carboxylic acids is 1. The summed E-state index contributed by atoms with van der Waals surface area (Å²) in [6, 6.07) is 24.2. The fourth-order valence-corrected chi connectivity index (χ4v) is 7.67. The summed E-state index contributed by atoms with van der Waals surface area (Å²) in [4.78, 5) is 20.4. The first-order chi connectivity index (χ1) is 28.8. The Hall–Kier alpha value is -4.41. The van der Waals surface area contributed by atoms with Crippen LogP contribution in [0.25, 0.3) is 32.3 Å². The molecule has 7 aromatic carbocycles. The van der Waals surface area contributed by atoms with Crippen molar-refractivity contribution in [2.45, 2.75) is 14.7 Å². The van der Waals surface area contributed by atoms with Gasteiger partial charge in [-0.3, -0.25) is 4.79 Å². The zero-order chi connectivity index (χ0) is 43.9. The molecule has 0 atom stereocenters. The van der Waals surface area contributed by atoms with E-state index in [1.807, 2.05) is 0 Å². The summed E-state index contributed by atoms with van der Waals surface area (Å²) >= 11 is 0. The second-order valence-corrected chi connectivity index (χ2v) is 16.8. The number of benzene rings is 7. The summed E-state index contributed by atoms with van der Waals surface area (Å²) in [5.74, 6) is -3.43. The number of nitrogens with zero attached hydrogens (tertiary/aromatic N) is 6. The van der Waals surface area contributed by atoms with Gasteiger partial charge in [0.15, 0.2) is 5.75 Å². The summed E-state index contributed by atoms with van der Waals surface area (Å²) in [6.07, 6.45) is 0. The molecular formula is C38H22N7Na3O13S3.